The molecule has 2 aromatic rings. The van der Waals surface area contributed by atoms with Crippen molar-refractivity contribution >= 4 is 18.5 Å². The predicted octanol–water partition coefficient (Wildman–Crippen LogP) is 2.82. The van der Waals surface area contributed by atoms with Gasteiger partial charge in [-0.15, -0.1) is 12.6 Å². The van der Waals surface area contributed by atoms with E-state index in [1.54, 1.807) is 24.3 Å². The highest BCUT2D eigenvalue weighted by atomic mass is 32.1. The van der Waals surface area contributed by atoms with Crippen LogP contribution in [0.2, 0.25) is 0 Å². The molecular formula is C15H15FN2OS. The second-order valence-corrected chi connectivity index (χ2v) is 4.98. The normalized spacial score (nSPS) is 10.3. The van der Waals surface area contributed by atoms with Crippen LogP contribution < -0.4 is 0 Å². The molecule has 0 atom stereocenters. The number of rotatable bonds is 4. The molecule has 0 radical (unpaired) electrons. The van der Waals surface area contributed by atoms with Crippen molar-refractivity contribution in [1.82, 2.24) is 9.88 Å². The number of benzene rings is 1. The van der Waals surface area contributed by atoms with Gasteiger partial charge in [-0.1, -0.05) is 0 Å². The molecule has 5 heteroatoms. The van der Waals surface area contributed by atoms with Crippen LogP contribution in [0.4, 0.5) is 4.39 Å². The summed E-state index contributed by atoms with van der Waals surface area (Å²) < 4.78 is 13.1. The van der Waals surface area contributed by atoms with Crippen molar-refractivity contribution in [3.05, 3.63) is 59.7 Å². The summed E-state index contributed by atoms with van der Waals surface area (Å²) in [7, 11) is 1.73. The van der Waals surface area contributed by atoms with Gasteiger partial charge in [-0.25, -0.2) is 4.39 Å². The number of likely N-dealkylation sites (N-methyl/N-ethyl adjacent to an activating group) is 1. The van der Waals surface area contributed by atoms with Gasteiger partial charge in [0.25, 0.3) is 5.91 Å². The second-order valence-electron chi connectivity index (χ2n) is 4.50. The van der Waals surface area contributed by atoms with E-state index in [2.05, 4.69) is 17.6 Å². The zero-order valence-corrected chi connectivity index (χ0v) is 12.0. The fourth-order valence-corrected chi connectivity index (χ4v) is 2.03. The number of hydrogen-bond donors (Lipinski definition) is 1. The summed E-state index contributed by atoms with van der Waals surface area (Å²) in [4.78, 5) is 17.9. The van der Waals surface area contributed by atoms with Gasteiger partial charge in [0.1, 0.15) is 5.82 Å². The van der Waals surface area contributed by atoms with Crippen LogP contribution in [0.5, 0.6) is 0 Å². The number of nitrogens with zero attached hydrogens (tertiary/aromatic N) is 2. The minimum absolute atomic E-state index is 0.144. The van der Waals surface area contributed by atoms with Crippen molar-refractivity contribution in [2.24, 2.45) is 0 Å². The number of thiol groups is 1. The molecule has 1 aromatic carbocycles. The molecule has 0 aliphatic carbocycles. The van der Waals surface area contributed by atoms with Crippen LogP contribution in [0.3, 0.4) is 0 Å². The van der Waals surface area contributed by atoms with Crippen LogP contribution in [0.1, 0.15) is 15.9 Å². The first-order chi connectivity index (χ1) is 9.58. The first kappa shape index (κ1) is 14.5. The van der Waals surface area contributed by atoms with Crippen molar-refractivity contribution in [2.75, 3.05) is 13.6 Å². The summed E-state index contributed by atoms with van der Waals surface area (Å²) in [6, 6.07) is 8.01. The number of pyridine rings is 1. The van der Waals surface area contributed by atoms with E-state index in [1.807, 2.05) is 12.1 Å². The molecule has 20 heavy (non-hydrogen) atoms. The largest absolute Gasteiger partial charge is 0.341 e. The Hall–Kier alpha value is -1.88. The molecule has 0 unspecified atom stereocenters. The van der Waals surface area contributed by atoms with Gasteiger partial charge in [0.2, 0.25) is 0 Å². The zero-order chi connectivity index (χ0) is 14.5. The standard InChI is InChI=1S/C15H15FN2OS/c1-18(9-6-11-4-7-17-8-5-11)15(19)12-2-3-13(16)14(20)10-12/h2-5,7-8,10,20H,6,9H2,1H3. The van der Waals surface area contributed by atoms with E-state index in [0.717, 1.165) is 12.0 Å². The maximum absolute atomic E-state index is 13.1. The van der Waals surface area contributed by atoms with Gasteiger partial charge in [0, 0.05) is 36.4 Å². The van der Waals surface area contributed by atoms with Gasteiger partial charge in [0.15, 0.2) is 0 Å². The van der Waals surface area contributed by atoms with Crippen LogP contribution in [0, 0.1) is 5.82 Å². The molecule has 0 aliphatic rings. The number of carbonyl (C=O) groups excluding carboxylic acids is 1. The fourth-order valence-electron chi connectivity index (χ4n) is 1.81. The van der Waals surface area contributed by atoms with Gasteiger partial charge in [-0.3, -0.25) is 9.78 Å². The highest BCUT2D eigenvalue weighted by Gasteiger charge is 2.13. The molecule has 0 fully saturated rings. The Bertz CT molecular complexity index is 604. The van der Waals surface area contributed by atoms with Gasteiger partial charge in [-0.05, 0) is 42.3 Å². The topological polar surface area (TPSA) is 33.2 Å². The summed E-state index contributed by atoms with van der Waals surface area (Å²) in [5, 5.41) is 0. The van der Waals surface area contributed by atoms with Crippen LogP contribution in [-0.4, -0.2) is 29.4 Å². The Morgan fingerprint density at radius 2 is 2.00 bits per heavy atom. The summed E-state index contributed by atoms with van der Waals surface area (Å²) >= 11 is 3.99. The first-order valence-electron chi connectivity index (χ1n) is 6.21. The average Bonchev–Trinajstić information content (AvgIpc) is 2.48. The van der Waals surface area contributed by atoms with E-state index in [4.69, 9.17) is 0 Å². The van der Waals surface area contributed by atoms with Crippen molar-refractivity contribution in [3.63, 3.8) is 0 Å². The van der Waals surface area contributed by atoms with Crippen molar-refractivity contribution in [2.45, 2.75) is 11.3 Å². The summed E-state index contributed by atoms with van der Waals surface area (Å²) in [5.74, 6) is -0.571. The number of aromatic nitrogens is 1. The van der Waals surface area contributed by atoms with Gasteiger partial charge >= 0.3 is 0 Å². The van der Waals surface area contributed by atoms with E-state index in [1.165, 1.54) is 18.2 Å². The lowest BCUT2D eigenvalue weighted by Crippen LogP contribution is -2.28. The molecule has 1 aromatic heterocycles. The Labute approximate surface area is 122 Å². The summed E-state index contributed by atoms with van der Waals surface area (Å²) in [6.45, 7) is 0.585. The molecule has 3 nitrogen and oxygen atoms in total. The maximum atomic E-state index is 13.1. The third kappa shape index (κ3) is 3.57. The SMILES string of the molecule is CN(CCc1ccncc1)C(=O)c1ccc(F)c(S)c1. The number of halogens is 1. The fraction of sp³-hybridized carbons (Fsp3) is 0.200. The Balaban J connectivity index is 1.99. The van der Waals surface area contributed by atoms with Gasteiger partial charge in [0.05, 0.1) is 0 Å². The minimum Gasteiger partial charge on any atom is -0.341 e. The minimum atomic E-state index is -0.427. The third-order valence-corrected chi connectivity index (χ3v) is 3.37. The molecule has 0 bridgehead atoms. The summed E-state index contributed by atoms with van der Waals surface area (Å²) in [6.07, 6.45) is 4.20. The smallest absolute Gasteiger partial charge is 0.253 e. The first-order valence-corrected chi connectivity index (χ1v) is 6.65. The molecule has 0 spiro atoms. The lowest BCUT2D eigenvalue weighted by atomic mass is 10.1. The number of carbonyl (C=O) groups is 1. The molecular weight excluding hydrogens is 275 g/mol. The lowest BCUT2D eigenvalue weighted by Gasteiger charge is -2.17. The quantitative estimate of drug-likeness (QED) is 0.878. The van der Waals surface area contributed by atoms with Crippen molar-refractivity contribution in [3.8, 4) is 0 Å². The Kier molecular flexibility index (Phi) is 4.74. The molecule has 104 valence electrons. The van der Waals surface area contributed by atoms with Crippen molar-refractivity contribution in [1.29, 1.82) is 0 Å². The molecule has 0 aliphatic heterocycles. The van der Waals surface area contributed by atoms with E-state index in [0.29, 0.717) is 12.1 Å². The predicted molar refractivity (Wildman–Crippen MR) is 78.6 cm³/mol. The zero-order valence-electron chi connectivity index (χ0n) is 11.1. The number of amides is 1. The molecule has 2 rings (SSSR count). The van der Waals surface area contributed by atoms with Gasteiger partial charge < -0.3 is 4.90 Å². The summed E-state index contributed by atoms with van der Waals surface area (Å²) in [5.41, 5.74) is 1.56. The van der Waals surface area contributed by atoms with E-state index < -0.39 is 5.82 Å². The van der Waals surface area contributed by atoms with Crippen LogP contribution in [0.15, 0.2) is 47.6 Å². The maximum Gasteiger partial charge on any atom is 0.253 e. The molecule has 0 saturated carbocycles. The number of hydrogen-bond acceptors (Lipinski definition) is 3. The van der Waals surface area contributed by atoms with E-state index >= 15 is 0 Å². The van der Waals surface area contributed by atoms with E-state index in [9.17, 15) is 9.18 Å². The molecule has 1 amide bonds. The molecule has 1 heterocycles. The average molecular weight is 290 g/mol. The van der Waals surface area contributed by atoms with Crippen molar-refractivity contribution < 1.29 is 9.18 Å². The highest BCUT2D eigenvalue weighted by Crippen LogP contribution is 2.15. The van der Waals surface area contributed by atoms with E-state index in [-0.39, 0.29) is 10.8 Å². The van der Waals surface area contributed by atoms with Gasteiger partial charge in [-0.2, -0.15) is 0 Å². The highest BCUT2D eigenvalue weighted by molar-refractivity contribution is 7.80. The Morgan fingerprint density at radius 3 is 2.65 bits per heavy atom. The second kappa shape index (κ2) is 6.52. The molecule has 0 N–H and O–H groups in total. The molecule has 0 saturated heterocycles. The lowest BCUT2D eigenvalue weighted by molar-refractivity contribution is 0.0796. The van der Waals surface area contributed by atoms with Crippen LogP contribution in [0.25, 0.3) is 0 Å². The van der Waals surface area contributed by atoms with Crippen LogP contribution in [-0.2, 0) is 6.42 Å². The Morgan fingerprint density at radius 1 is 1.30 bits per heavy atom. The van der Waals surface area contributed by atoms with Crippen LogP contribution >= 0.6 is 12.6 Å². The monoisotopic (exact) mass is 290 g/mol. The third-order valence-electron chi connectivity index (χ3n) is 3.03.